The number of carbonyl (C=O) groups excluding carboxylic acids is 1. The fourth-order valence-electron chi connectivity index (χ4n) is 2.19. The summed E-state index contributed by atoms with van der Waals surface area (Å²) in [5.74, 6) is -0.0830. The highest BCUT2D eigenvalue weighted by molar-refractivity contribution is 5.92. The summed E-state index contributed by atoms with van der Waals surface area (Å²) in [6.07, 6.45) is 0. The summed E-state index contributed by atoms with van der Waals surface area (Å²) < 4.78 is 5.24. The van der Waals surface area contributed by atoms with Crippen molar-refractivity contribution < 1.29 is 9.53 Å². The summed E-state index contributed by atoms with van der Waals surface area (Å²) in [4.78, 5) is 11.9. The average Bonchev–Trinajstić information content (AvgIpc) is 2.68. The van der Waals surface area contributed by atoms with E-state index in [4.69, 9.17) is 10.5 Å². The van der Waals surface area contributed by atoms with Crippen LogP contribution in [-0.4, -0.2) is 5.97 Å². The van der Waals surface area contributed by atoms with Crippen LogP contribution in [0.5, 0.6) is 5.75 Å². The number of benzene rings is 2. The van der Waals surface area contributed by atoms with Gasteiger partial charge in [0.1, 0.15) is 11.7 Å². The number of hydrogen-bond donors (Lipinski definition) is 1. The summed E-state index contributed by atoms with van der Waals surface area (Å²) in [5.41, 5.74) is 8.22. The maximum absolute atomic E-state index is 11.9. The zero-order valence-corrected chi connectivity index (χ0v) is 9.09. The van der Waals surface area contributed by atoms with Gasteiger partial charge in [0.05, 0.1) is 0 Å². The number of hydrogen-bond acceptors (Lipinski definition) is 3. The van der Waals surface area contributed by atoms with E-state index < -0.39 is 5.92 Å². The second-order valence-electron chi connectivity index (χ2n) is 4.02. The van der Waals surface area contributed by atoms with Gasteiger partial charge < -0.3 is 10.5 Å². The predicted octanol–water partition coefficient (Wildman–Crippen LogP) is 2.32. The molecule has 0 aromatic heterocycles. The maximum atomic E-state index is 11.9. The first-order chi connectivity index (χ1) is 8.27. The van der Waals surface area contributed by atoms with Crippen LogP contribution in [-0.2, 0) is 4.79 Å². The molecule has 2 aromatic rings. The fourth-order valence-corrected chi connectivity index (χ4v) is 2.19. The monoisotopic (exact) mass is 225 g/mol. The Morgan fingerprint density at radius 2 is 1.76 bits per heavy atom. The van der Waals surface area contributed by atoms with Crippen molar-refractivity contribution in [3.63, 3.8) is 0 Å². The zero-order valence-electron chi connectivity index (χ0n) is 9.09. The van der Waals surface area contributed by atoms with Crippen molar-refractivity contribution in [1.82, 2.24) is 0 Å². The molecule has 0 spiro atoms. The lowest BCUT2D eigenvalue weighted by Gasteiger charge is -2.09. The molecule has 3 heteroatoms. The van der Waals surface area contributed by atoms with Gasteiger partial charge in [0.15, 0.2) is 0 Å². The Labute approximate surface area is 98.8 Å². The molecule has 84 valence electrons. The molecule has 2 aromatic carbocycles. The van der Waals surface area contributed by atoms with Gasteiger partial charge in [-0.05, 0) is 17.7 Å². The van der Waals surface area contributed by atoms with Gasteiger partial charge in [-0.1, -0.05) is 36.4 Å². The standard InChI is InChI=1S/C14H11NO2/c15-10-7-4-8-11-13(10)12(14(16)17-11)9-5-2-1-3-6-9/h1-8,12H,15H2. The summed E-state index contributed by atoms with van der Waals surface area (Å²) in [7, 11) is 0. The number of carbonyl (C=O) groups is 1. The van der Waals surface area contributed by atoms with Gasteiger partial charge in [0.25, 0.3) is 0 Å². The Morgan fingerprint density at radius 1 is 1.00 bits per heavy atom. The van der Waals surface area contributed by atoms with Crippen LogP contribution in [0, 0.1) is 0 Å². The van der Waals surface area contributed by atoms with Crippen LogP contribution < -0.4 is 10.5 Å². The van der Waals surface area contributed by atoms with Crippen LogP contribution in [0.25, 0.3) is 0 Å². The lowest BCUT2D eigenvalue weighted by Crippen LogP contribution is -2.12. The van der Waals surface area contributed by atoms with Gasteiger partial charge >= 0.3 is 5.97 Å². The molecule has 0 saturated heterocycles. The molecule has 3 nitrogen and oxygen atoms in total. The van der Waals surface area contributed by atoms with Crippen molar-refractivity contribution in [3.05, 3.63) is 59.7 Å². The van der Waals surface area contributed by atoms with Gasteiger partial charge in [-0.2, -0.15) is 0 Å². The third kappa shape index (κ3) is 1.47. The highest BCUT2D eigenvalue weighted by Crippen LogP contribution is 2.42. The van der Waals surface area contributed by atoms with Crippen LogP contribution in [0.15, 0.2) is 48.5 Å². The minimum absolute atomic E-state index is 0.260. The molecule has 1 aliphatic heterocycles. The molecule has 0 radical (unpaired) electrons. The first-order valence-electron chi connectivity index (χ1n) is 5.42. The smallest absolute Gasteiger partial charge is 0.323 e. The van der Waals surface area contributed by atoms with E-state index in [0.29, 0.717) is 11.4 Å². The number of esters is 1. The maximum Gasteiger partial charge on any atom is 0.323 e. The largest absolute Gasteiger partial charge is 0.425 e. The van der Waals surface area contributed by atoms with E-state index in [9.17, 15) is 4.79 Å². The van der Waals surface area contributed by atoms with Crippen molar-refractivity contribution in [2.24, 2.45) is 0 Å². The summed E-state index contributed by atoms with van der Waals surface area (Å²) >= 11 is 0. The average molecular weight is 225 g/mol. The second kappa shape index (κ2) is 3.63. The zero-order chi connectivity index (χ0) is 11.8. The summed E-state index contributed by atoms with van der Waals surface area (Å²) in [6, 6.07) is 14.9. The van der Waals surface area contributed by atoms with Crippen LogP contribution in [0.3, 0.4) is 0 Å². The number of fused-ring (bicyclic) bond motifs is 1. The molecular formula is C14H11NO2. The molecule has 0 saturated carbocycles. The third-order valence-corrected chi connectivity index (χ3v) is 2.97. The van der Waals surface area contributed by atoms with E-state index in [1.54, 1.807) is 18.2 Å². The van der Waals surface area contributed by atoms with E-state index in [-0.39, 0.29) is 5.97 Å². The van der Waals surface area contributed by atoms with Gasteiger partial charge in [0, 0.05) is 11.3 Å². The van der Waals surface area contributed by atoms with Gasteiger partial charge in [0.2, 0.25) is 0 Å². The molecule has 17 heavy (non-hydrogen) atoms. The van der Waals surface area contributed by atoms with Gasteiger partial charge in [-0.25, -0.2) is 0 Å². The van der Waals surface area contributed by atoms with E-state index >= 15 is 0 Å². The van der Waals surface area contributed by atoms with E-state index in [1.807, 2.05) is 30.3 Å². The van der Waals surface area contributed by atoms with Crippen molar-refractivity contribution in [2.75, 3.05) is 5.73 Å². The minimum Gasteiger partial charge on any atom is -0.425 e. The van der Waals surface area contributed by atoms with E-state index in [2.05, 4.69) is 0 Å². The normalized spacial score (nSPS) is 17.6. The Bertz CT molecular complexity index is 578. The third-order valence-electron chi connectivity index (χ3n) is 2.97. The minimum atomic E-state index is -0.396. The Hall–Kier alpha value is -2.29. The first-order valence-corrected chi connectivity index (χ1v) is 5.42. The van der Waals surface area contributed by atoms with Gasteiger partial charge in [-0.15, -0.1) is 0 Å². The molecular weight excluding hydrogens is 214 g/mol. The van der Waals surface area contributed by atoms with E-state index in [0.717, 1.165) is 11.1 Å². The number of anilines is 1. The highest BCUT2D eigenvalue weighted by atomic mass is 16.5. The van der Waals surface area contributed by atoms with Crippen LogP contribution in [0.2, 0.25) is 0 Å². The van der Waals surface area contributed by atoms with Crippen molar-refractivity contribution in [2.45, 2.75) is 5.92 Å². The van der Waals surface area contributed by atoms with Gasteiger partial charge in [-0.3, -0.25) is 4.79 Å². The number of rotatable bonds is 1. The summed E-state index contributed by atoms with van der Waals surface area (Å²) in [5, 5.41) is 0. The molecule has 3 rings (SSSR count). The Balaban J connectivity index is 2.18. The summed E-state index contributed by atoms with van der Waals surface area (Å²) in [6.45, 7) is 0. The van der Waals surface area contributed by atoms with Crippen molar-refractivity contribution in [3.8, 4) is 5.75 Å². The number of ether oxygens (including phenoxy) is 1. The molecule has 1 aliphatic rings. The van der Waals surface area contributed by atoms with Crippen LogP contribution in [0.4, 0.5) is 5.69 Å². The SMILES string of the molecule is Nc1cccc2c1C(c1ccccc1)C(=O)O2. The molecule has 0 fully saturated rings. The second-order valence-corrected chi connectivity index (χ2v) is 4.02. The Kier molecular flexibility index (Phi) is 2.11. The quantitative estimate of drug-likeness (QED) is 0.460. The van der Waals surface area contributed by atoms with Crippen LogP contribution in [0.1, 0.15) is 17.0 Å². The Morgan fingerprint density at radius 3 is 2.53 bits per heavy atom. The molecule has 1 unspecified atom stereocenters. The van der Waals surface area contributed by atoms with Crippen molar-refractivity contribution >= 4 is 11.7 Å². The molecule has 1 heterocycles. The van der Waals surface area contributed by atoms with E-state index in [1.165, 1.54) is 0 Å². The predicted molar refractivity (Wildman–Crippen MR) is 64.8 cm³/mol. The molecule has 1 atom stereocenters. The molecule has 0 aliphatic carbocycles. The number of nitrogen functional groups attached to an aromatic ring is 1. The number of nitrogens with two attached hydrogens (primary N) is 1. The molecule has 0 amide bonds. The topological polar surface area (TPSA) is 52.3 Å². The fraction of sp³-hybridized carbons (Fsp3) is 0.0714. The van der Waals surface area contributed by atoms with Crippen LogP contribution >= 0.6 is 0 Å². The molecule has 0 bridgehead atoms. The first kappa shape index (κ1) is 9.90. The lowest BCUT2D eigenvalue weighted by atomic mass is 9.91. The molecule has 2 N–H and O–H groups in total. The highest BCUT2D eigenvalue weighted by Gasteiger charge is 2.35. The van der Waals surface area contributed by atoms with Crippen molar-refractivity contribution in [1.29, 1.82) is 0 Å². The lowest BCUT2D eigenvalue weighted by molar-refractivity contribution is -0.133.